The van der Waals surface area contributed by atoms with Crippen molar-refractivity contribution in [2.45, 2.75) is 59.5 Å². The maximum Gasteiger partial charge on any atom is 0.315 e. The van der Waals surface area contributed by atoms with Gasteiger partial charge >= 0.3 is 6.03 Å². The molecule has 0 aromatic heterocycles. The maximum absolute atomic E-state index is 11.5. The van der Waals surface area contributed by atoms with Gasteiger partial charge in [-0.2, -0.15) is 0 Å². The fourth-order valence-corrected chi connectivity index (χ4v) is 1.47. The highest BCUT2D eigenvalue weighted by Crippen LogP contribution is 2.19. The minimum Gasteiger partial charge on any atom is -0.337 e. The molecule has 0 aliphatic heterocycles. The van der Waals surface area contributed by atoms with E-state index in [1.54, 1.807) is 0 Å². The molecule has 4 N–H and O–H groups in total. The Bertz CT molecular complexity index is 225. The lowest BCUT2D eigenvalue weighted by atomic mass is 9.88. The van der Waals surface area contributed by atoms with E-state index in [1.165, 1.54) is 0 Å². The molecule has 0 aromatic rings. The molecule has 1 atom stereocenters. The highest BCUT2D eigenvalue weighted by Gasteiger charge is 2.17. The standard InChI is InChI=1S/C12H27N3O/c1-11(2,3)7-9(13)8-14-10(16)15-12(4,5)6/h9H,7-8,13H2,1-6H3,(H2,14,15,16). The Morgan fingerprint density at radius 3 is 2.06 bits per heavy atom. The molecule has 0 heterocycles. The summed E-state index contributed by atoms with van der Waals surface area (Å²) < 4.78 is 0. The van der Waals surface area contributed by atoms with Crippen molar-refractivity contribution < 1.29 is 4.79 Å². The summed E-state index contributed by atoms with van der Waals surface area (Å²) in [6, 6.07) is -0.150. The van der Waals surface area contributed by atoms with Crippen LogP contribution in [-0.2, 0) is 0 Å². The number of nitrogens with one attached hydrogen (secondary N) is 2. The zero-order valence-electron chi connectivity index (χ0n) is 11.5. The molecule has 0 spiro atoms. The van der Waals surface area contributed by atoms with Crippen molar-refractivity contribution in [3.8, 4) is 0 Å². The smallest absolute Gasteiger partial charge is 0.315 e. The van der Waals surface area contributed by atoms with Crippen LogP contribution >= 0.6 is 0 Å². The molecule has 1 unspecified atom stereocenters. The van der Waals surface area contributed by atoms with Crippen LogP contribution in [0.5, 0.6) is 0 Å². The maximum atomic E-state index is 11.5. The highest BCUT2D eigenvalue weighted by molar-refractivity contribution is 5.74. The monoisotopic (exact) mass is 229 g/mol. The van der Waals surface area contributed by atoms with Crippen LogP contribution in [0, 0.1) is 5.41 Å². The minimum absolute atomic E-state index is 0.00529. The lowest BCUT2D eigenvalue weighted by Gasteiger charge is -2.25. The molecule has 16 heavy (non-hydrogen) atoms. The van der Waals surface area contributed by atoms with Crippen LogP contribution in [0.4, 0.5) is 4.79 Å². The summed E-state index contributed by atoms with van der Waals surface area (Å²) in [7, 11) is 0. The molecule has 0 radical (unpaired) electrons. The number of hydrogen-bond donors (Lipinski definition) is 3. The Hall–Kier alpha value is -0.770. The summed E-state index contributed by atoms with van der Waals surface area (Å²) in [5.74, 6) is 0. The third kappa shape index (κ3) is 9.77. The van der Waals surface area contributed by atoms with Crippen LogP contribution in [0.25, 0.3) is 0 Å². The van der Waals surface area contributed by atoms with Crippen LogP contribution in [0.1, 0.15) is 48.0 Å². The number of amides is 2. The summed E-state index contributed by atoms with van der Waals surface area (Å²) in [6.07, 6.45) is 0.892. The van der Waals surface area contributed by atoms with Crippen LogP contribution in [0.3, 0.4) is 0 Å². The van der Waals surface area contributed by atoms with Crippen molar-refractivity contribution in [1.29, 1.82) is 0 Å². The third-order valence-corrected chi connectivity index (χ3v) is 1.89. The quantitative estimate of drug-likeness (QED) is 0.691. The first-order valence-corrected chi connectivity index (χ1v) is 5.81. The Labute approximate surface area is 99.4 Å². The zero-order chi connectivity index (χ0) is 13.0. The van der Waals surface area contributed by atoms with Gasteiger partial charge in [0.1, 0.15) is 0 Å². The summed E-state index contributed by atoms with van der Waals surface area (Å²) >= 11 is 0. The van der Waals surface area contributed by atoms with Crippen molar-refractivity contribution in [3.05, 3.63) is 0 Å². The molecule has 0 fully saturated rings. The Morgan fingerprint density at radius 1 is 1.19 bits per heavy atom. The van der Waals surface area contributed by atoms with E-state index in [4.69, 9.17) is 5.73 Å². The summed E-state index contributed by atoms with van der Waals surface area (Å²) in [6.45, 7) is 12.8. The average molecular weight is 229 g/mol. The number of nitrogens with two attached hydrogens (primary N) is 1. The molecule has 0 bridgehead atoms. The van der Waals surface area contributed by atoms with Crippen molar-refractivity contribution in [2.24, 2.45) is 11.1 Å². The lowest BCUT2D eigenvalue weighted by Crippen LogP contribution is -2.49. The summed E-state index contributed by atoms with van der Waals surface area (Å²) in [5.41, 5.74) is 5.92. The van der Waals surface area contributed by atoms with Gasteiger partial charge in [-0.05, 0) is 32.6 Å². The van der Waals surface area contributed by atoms with E-state index in [0.29, 0.717) is 6.54 Å². The zero-order valence-corrected chi connectivity index (χ0v) is 11.5. The van der Waals surface area contributed by atoms with Gasteiger partial charge in [0.05, 0.1) is 0 Å². The first-order chi connectivity index (χ1) is 6.99. The van der Waals surface area contributed by atoms with Crippen LogP contribution in [0.15, 0.2) is 0 Å². The first-order valence-electron chi connectivity index (χ1n) is 5.81. The predicted molar refractivity (Wildman–Crippen MR) is 68.3 cm³/mol. The van der Waals surface area contributed by atoms with Crippen LogP contribution < -0.4 is 16.4 Å². The third-order valence-electron chi connectivity index (χ3n) is 1.89. The van der Waals surface area contributed by atoms with Gasteiger partial charge in [0.25, 0.3) is 0 Å². The van der Waals surface area contributed by atoms with E-state index < -0.39 is 0 Å². The Morgan fingerprint density at radius 2 is 1.69 bits per heavy atom. The molecule has 0 rings (SSSR count). The molecule has 0 aliphatic rings. The van der Waals surface area contributed by atoms with Gasteiger partial charge in [-0.1, -0.05) is 20.8 Å². The number of rotatable bonds is 3. The van der Waals surface area contributed by atoms with Gasteiger partial charge in [0.2, 0.25) is 0 Å². The van der Waals surface area contributed by atoms with Crippen LogP contribution in [0.2, 0.25) is 0 Å². The van der Waals surface area contributed by atoms with E-state index in [1.807, 2.05) is 20.8 Å². The second-order valence-electron chi connectivity index (χ2n) is 6.61. The predicted octanol–water partition coefficient (Wildman–Crippen LogP) is 1.85. The normalized spacial score (nSPS) is 14.4. The molecule has 0 saturated heterocycles. The van der Waals surface area contributed by atoms with E-state index in [9.17, 15) is 4.79 Å². The van der Waals surface area contributed by atoms with E-state index >= 15 is 0 Å². The molecule has 4 nitrogen and oxygen atoms in total. The second kappa shape index (κ2) is 5.53. The molecule has 2 amide bonds. The molecule has 4 heteroatoms. The van der Waals surface area contributed by atoms with E-state index in [2.05, 4.69) is 31.4 Å². The topological polar surface area (TPSA) is 67.1 Å². The lowest BCUT2D eigenvalue weighted by molar-refractivity contribution is 0.229. The highest BCUT2D eigenvalue weighted by atomic mass is 16.2. The molecule has 0 saturated carbocycles. The molecular formula is C12H27N3O. The first kappa shape index (κ1) is 15.2. The van der Waals surface area contributed by atoms with Gasteiger partial charge in [-0.15, -0.1) is 0 Å². The van der Waals surface area contributed by atoms with E-state index in [0.717, 1.165) is 6.42 Å². The second-order valence-corrected chi connectivity index (χ2v) is 6.61. The largest absolute Gasteiger partial charge is 0.337 e. The van der Waals surface area contributed by atoms with Crippen molar-refractivity contribution in [1.82, 2.24) is 10.6 Å². The summed E-state index contributed by atoms with van der Waals surface area (Å²) in [4.78, 5) is 11.5. The van der Waals surface area contributed by atoms with Crippen molar-refractivity contribution >= 4 is 6.03 Å². The molecule has 0 aromatic carbocycles. The van der Waals surface area contributed by atoms with Gasteiger partial charge in [-0.25, -0.2) is 4.79 Å². The molecule has 0 aliphatic carbocycles. The summed E-state index contributed by atoms with van der Waals surface area (Å²) in [5, 5.41) is 5.62. The number of carbonyl (C=O) groups is 1. The number of urea groups is 1. The van der Waals surface area contributed by atoms with Gasteiger partial charge in [0, 0.05) is 18.1 Å². The number of hydrogen-bond acceptors (Lipinski definition) is 2. The average Bonchev–Trinajstić information content (AvgIpc) is 1.94. The fraction of sp³-hybridized carbons (Fsp3) is 0.917. The Kier molecular flexibility index (Phi) is 5.26. The van der Waals surface area contributed by atoms with Gasteiger partial charge in [-0.3, -0.25) is 0 Å². The SMILES string of the molecule is CC(C)(C)CC(N)CNC(=O)NC(C)(C)C. The minimum atomic E-state index is -0.210. The van der Waals surface area contributed by atoms with Gasteiger partial charge < -0.3 is 16.4 Å². The van der Waals surface area contributed by atoms with Crippen LogP contribution in [-0.4, -0.2) is 24.2 Å². The molecular weight excluding hydrogens is 202 g/mol. The van der Waals surface area contributed by atoms with Crippen molar-refractivity contribution in [3.63, 3.8) is 0 Å². The van der Waals surface area contributed by atoms with Gasteiger partial charge in [0.15, 0.2) is 0 Å². The molecule has 96 valence electrons. The van der Waals surface area contributed by atoms with Crippen molar-refractivity contribution in [2.75, 3.05) is 6.54 Å². The Balaban J connectivity index is 3.85. The van der Waals surface area contributed by atoms with E-state index in [-0.39, 0.29) is 23.0 Å². The fourth-order valence-electron chi connectivity index (χ4n) is 1.47. The number of carbonyl (C=O) groups excluding carboxylic acids is 1.